The number of nitrogens with zero attached hydrogens (tertiary/aromatic N) is 4. The second kappa shape index (κ2) is 7.78. The summed E-state index contributed by atoms with van der Waals surface area (Å²) < 4.78 is 37.9. The molecule has 0 bridgehead atoms. The van der Waals surface area contributed by atoms with E-state index in [4.69, 9.17) is 0 Å². The summed E-state index contributed by atoms with van der Waals surface area (Å²) in [5, 5.41) is 15.0. The Morgan fingerprint density at radius 1 is 1.21 bits per heavy atom. The summed E-state index contributed by atoms with van der Waals surface area (Å²) in [6, 6.07) is 7.21. The minimum absolute atomic E-state index is 0.0553. The second-order valence-electron chi connectivity index (χ2n) is 6.97. The van der Waals surface area contributed by atoms with Gasteiger partial charge in [0, 0.05) is 32.1 Å². The van der Waals surface area contributed by atoms with Crippen molar-refractivity contribution in [1.82, 2.24) is 9.80 Å². The van der Waals surface area contributed by atoms with E-state index in [-0.39, 0.29) is 31.8 Å². The molecule has 1 N–H and O–H groups in total. The Labute approximate surface area is 160 Å². The summed E-state index contributed by atoms with van der Waals surface area (Å²) in [6.45, 7) is 1.00. The number of amides is 1. The highest BCUT2D eigenvalue weighted by Crippen LogP contribution is 2.26. The molecule has 0 aromatic heterocycles. The van der Waals surface area contributed by atoms with Gasteiger partial charge in [-0.2, -0.15) is 18.3 Å². The van der Waals surface area contributed by atoms with Gasteiger partial charge < -0.3 is 10.0 Å². The zero-order valence-corrected chi connectivity index (χ0v) is 15.3. The third kappa shape index (κ3) is 4.44. The van der Waals surface area contributed by atoms with Crippen molar-refractivity contribution < 1.29 is 27.9 Å². The molecule has 1 aromatic carbocycles. The van der Waals surface area contributed by atoms with Crippen LogP contribution in [0.1, 0.15) is 13.3 Å². The van der Waals surface area contributed by atoms with Crippen molar-refractivity contribution in [2.45, 2.75) is 31.6 Å². The predicted molar refractivity (Wildman–Crippen MR) is 96.1 cm³/mol. The molecule has 0 saturated carbocycles. The van der Waals surface area contributed by atoms with Crippen LogP contribution >= 0.6 is 0 Å². The molecule has 0 radical (unpaired) electrons. The highest BCUT2D eigenvalue weighted by molar-refractivity contribution is 6.40. The number of anilines is 1. The second-order valence-corrected chi connectivity index (χ2v) is 6.97. The number of alkyl halides is 3. The van der Waals surface area contributed by atoms with Gasteiger partial charge in [-0.3, -0.25) is 14.7 Å². The van der Waals surface area contributed by atoms with Gasteiger partial charge >= 0.3 is 12.1 Å². The van der Waals surface area contributed by atoms with Gasteiger partial charge in [0.2, 0.25) is 0 Å². The average Bonchev–Trinajstić information content (AvgIpc) is 3.08. The first-order valence-electron chi connectivity index (χ1n) is 8.90. The lowest BCUT2D eigenvalue weighted by Gasteiger charge is -2.40. The molecule has 28 heavy (non-hydrogen) atoms. The fourth-order valence-corrected chi connectivity index (χ4v) is 3.48. The Kier molecular flexibility index (Phi) is 5.59. The number of hydrogen-bond donors (Lipinski definition) is 1. The van der Waals surface area contributed by atoms with Crippen LogP contribution in [0.15, 0.2) is 35.4 Å². The molecule has 2 aliphatic heterocycles. The Morgan fingerprint density at radius 3 is 2.46 bits per heavy atom. The third-order valence-corrected chi connectivity index (χ3v) is 4.90. The molecule has 2 atom stereocenters. The number of rotatable bonds is 4. The molecular weight excluding hydrogens is 377 g/mol. The molecule has 1 aromatic rings. The van der Waals surface area contributed by atoms with Gasteiger partial charge in [0.05, 0.1) is 12.2 Å². The monoisotopic (exact) mass is 398 g/mol. The zero-order chi connectivity index (χ0) is 20.5. The number of benzene rings is 1. The SMILES string of the molecule is CC1CN(C(=O)C2=NN(c3ccccc3)C(C(=O)O)C2)CCN1CC(F)(F)F. The van der Waals surface area contributed by atoms with Crippen LogP contribution in [0.2, 0.25) is 0 Å². The Balaban J connectivity index is 1.71. The van der Waals surface area contributed by atoms with Crippen LogP contribution in [0, 0.1) is 0 Å². The summed E-state index contributed by atoms with van der Waals surface area (Å²) in [6.07, 6.45) is -4.35. The van der Waals surface area contributed by atoms with Gasteiger partial charge in [-0.25, -0.2) is 4.79 Å². The van der Waals surface area contributed by atoms with Crippen LogP contribution in [0.5, 0.6) is 0 Å². The van der Waals surface area contributed by atoms with Gasteiger partial charge in [-0.05, 0) is 19.1 Å². The van der Waals surface area contributed by atoms with Gasteiger partial charge in [-0.15, -0.1) is 0 Å². The molecule has 2 unspecified atom stereocenters. The van der Waals surface area contributed by atoms with E-state index in [1.54, 1.807) is 37.3 Å². The molecule has 0 spiro atoms. The summed E-state index contributed by atoms with van der Waals surface area (Å²) in [7, 11) is 0. The summed E-state index contributed by atoms with van der Waals surface area (Å²) in [5.74, 6) is -1.53. The number of piperazine rings is 1. The highest BCUT2D eigenvalue weighted by Gasteiger charge is 2.40. The van der Waals surface area contributed by atoms with E-state index in [1.807, 2.05) is 0 Å². The highest BCUT2D eigenvalue weighted by atomic mass is 19.4. The van der Waals surface area contributed by atoms with Crippen molar-refractivity contribution in [2.75, 3.05) is 31.2 Å². The first-order chi connectivity index (χ1) is 13.2. The number of carboxylic acid groups (broad SMARTS) is 1. The first-order valence-corrected chi connectivity index (χ1v) is 8.90. The van der Waals surface area contributed by atoms with Gasteiger partial charge in [0.25, 0.3) is 5.91 Å². The summed E-state index contributed by atoms with van der Waals surface area (Å²) in [5.41, 5.74) is 0.661. The van der Waals surface area contributed by atoms with Crippen LogP contribution < -0.4 is 5.01 Å². The summed E-state index contributed by atoms with van der Waals surface area (Å²) in [4.78, 5) is 27.2. The lowest BCUT2D eigenvalue weighted by atomic mass is 10.1. The van der Waals surface area contributed by atoms with Crippen LogP contribution in [0.3, 0.4) is 0 Å². The number of carboxylic acids is 1. The molecule has 7 nitrogen and oxygen atoms in total. The molecule has 2 heterocycles. The van der Waals surface area contributed by atoms with Crippen molar-refractivity contribution >= 4 is 23.3 Å². The fourth-order valence-electron chi connectivity index (χ4n) is 3.48. The molecular formula is C18H21F3N4O3. The Hall–Kier alpha value is -2.62. The largest absolute Gasteiger partial charge is 0.480 e. The van der Waals surface area contributed by atoms with E-state index >= 15 is 0 Å². The molecule has 0 aliphatic carbocycles. The fraction of sp³-hybridized carbons (Fsp3) is 0.500. The van der Waals surface area contributed by atoms with Crippen LogP contribution in [-0.2, 0) is 9.59 Å². The molecule has 2 aliphatic rings. The van der Waals surface area contributed by atoms with E-state index in [0.717, 1.165) is 0 Å². The van der Waals surface area contributed by atoms with Crippen LogP contribution in [-0.4, -0.2) is 76.9 Å². The number of hydrazone groups is 1. The number of halogens is 3. The maximum absolute atomic E-state index is 12.8. The van der Waals surface area contributed by atoms with E-state index in [2.05, 4.69) is 5.10 Å². The average molecular weight is 398 g/mol. The van der Waals surface area contributed by atoms with E-state index in [1.165, 1.54) is 14.8 Å². The minimum Gasteiger partial charge on any atom is -0.480 e. The number of carbonyl (C=O) groups is 2. The molecule has 1 saturated heterocycles. The van der Waals surface area contributed by atoms with Crippen molar-refractivity contribution in [3.63, 3.8) is 0 Å². The van der Waals surface area contributed by atoms with Crippen LogP contribution in [0.25, 0.3) is 0 Å². The normalized spacial score (nSPS) is 23.6. The zero-order valence-electron chi connectivity index (χ0n) is 15.3. The number of para-hydroxylation sites is 1. The van der Waals surface area contributed by atoms with Crippen molar-refractivity contribution in [3.05, 3.63) is 30.3 Å². The standard InChI is InChI=1S/C18H21F3N4O3/c1-12-10-23(7-8-24(12)11-18(19,20)21)16(26)14-9-15(17(27)28)25(22-14)13-5-3-2-4-6-13/h2-6,12,15H,7-11H2,1H3,(H,27,28). The first kappa shape index (κ1) is 20.1. The number of hydrogen-bond acceptors (Lipinski definition) is 5. The van der Waals surface area contributed by atoms with Crippen LogP contribution in [0.4, 0.5) is 18.9 Å². The van der Waals surface area contributed by atoms with Crippen molar-refractivity contribution in [3.8, 4) is 0 Å². The Bertz CT molecular complexity index is 769. The Morgan fingerprint density at radius 2 is 1.89 bits per heavy atom. The van der Waals surface area contributed by atoms with E-state index < -0.39 is 36.7 Å². The smallest absolute Gasteiger partial charge is 0.401 e. The number of aliphatic carboxylic acids is 1. The van der Waals surface area contributed by atoms with E-state index in [9.17, 15) is 27.9 Å². The van der Waals surface area contributed by atoms with Gasteiger partial charge in [0.15, 0.2) is 6.04 Å². The minimum atomic E-state index is -4.29. The van der Waals surface area contributed by atoms with Gasteiger partial charge in [0.1, 0.15) is 5.71 Å². The summed E-state index contributed by atoms with van der Waals surface area (Å²) >= 11 is 0. The van der Waals surface area contributed by atoms with E-state index in [0.29, 0.717) is 5.69 Å². The maximum Gasteiger partial charge on any atom is 0.401 e. The molecule has 152 valence electrons. The quantitative estimate of drug-likeness (QED) is 0.837. The molecule has 10 heteroatoms. The lowest BCUT2D eigenvalue weighted by Crippen LogP contribution is -2.56. The molecule has 1 fully saturated rings. The molecule has 3 rings (SSSR count). The number of carbonyl (C=O) groups excluding carboxylic acids is 1. The van der Waals surface area contributed by atoms with Gasteiger partial charge in [-0.1, -0.05) is 18.2 Å². The van der Waals surface area contributed by atoms with Crippen molar-refractivity contribution in [1.29, 1.82) is 0 Å². The topological polar surface area (TPSA) is 76.5 Å². The maximum atomic E-state index is 12.8. The third-order valence-electron chi connectivity index (χ3n) is 4.90. The van der Waals surface area contributed by atoms with Crippen molar-refractivity contribution in [2.24, 2.45) is 5.10 Å². The lowest BCUT2D eigenvalue weighted by molar-refractivity contribution is -0.156. The predicted octanol–water partition coefficient (Wildman–Crippen LogP) is 1.80. The molecule has 1 amide bonds.